The van der Waals surface area contributed by atoms with E-state index in [9.17, 15) is 0 Å². The molecule has 2 atom stereocenters. The quantitative estimate of drug-likeness (QED) is 0.682. The monoisotopic (exact) mass is 238 g/mol. The molecule has 98 valence electrons. The molecule has 2 heteroatoms. The third-order valence-corrected chi connectivity index (χ3v) is 4.65. The van der Waals surface area contributed by atoms with Crippen LogP contribution in [0.5, 0.6) is 0 Å². The maximum Gasteiger partial charge on any atom is 0.157 e. The molecule has 1 aliphatic carbocycles. The first-order valence-corrected chi connectivity index (χ1v) is 6.99. The molecule has 2 aliphatic rings. The second-order valence-electron chi connectivity index (χ2n) is 5.98. The Morgan fingerprint density at radius 3 is 2.47 bits per heavy atom. The summed E-state index contributed by atoms with van der Waals surface area (Å²) in [6, 6.07) is 0. The standard InChI is InChI=1S/C15H26O2/c1-5-6-14-16-9-15(10-17-14)12(3)7-11(2)8-13(15)4/h7,12-14H,5-6,8-10H2,1-4H3/t12-,13+,14?,15?/m1/s1. The SMILES string of the molecule is CCCC1OCC2(CO1)[C@H](C)C=C(C)C[C@@H]2C. The largest absolute Gasteiger partial charge is 0.352 e. The summed E-state index contributed by atoms with van der Waals surface area (Å²) in [4.78, 5) is 0. The average molecular weight is 238 g/mol. The Kier molecular flexibility index (Phi) is 3.94. The summed E-state index contributed by atoms with van der Waals surface area (Å²) in [5.74, 6) is 1.22. The molecule has 1 saturated heterocycles. The highest BCUT2D eigenvalue weighted by Gasteiger charge is 2.46. The van der Waals surface area contributed by atoms with Gasteiger partial charge in [0.05, 0.1) is 13.2 Å². The van der Waals surface area contributed by atoms with Crippen LogP contribution in [0.3, 0.4) is 0 Å². The van der Waals surface area contributed by atoms with Gasteiger partial charge in [-0.3, -0.25) is 0 Å². The smallest absolute Gasteiger partial charge is 0.157 e. The van der Waals surface area contributed by atoms with Crippen molar-refractivity contribution >= 4 is 0 Å². The Morgan fingerprint density at radius 2 is 1.94 bits per heavy atom. The van der Waals surface area contributed by atoms with E-state index in [4.69, 9.17) is 9.47 Å². The lowest BCUT2D eigenvalue weighted by Crippen LogP contribution is -2.50. The van der Waals surface area contributed by atoms with Crippen LogP contribution in [-0.2, 0) is 9.47 Å². The van der Waals surface area contributed by atoms with E-state index in [1.165, 1.54) is 12.0 Å². The average Bonchev–Trinajstić information content (AvgIpc) is 2.28. The highest BCUT2D eigenvalue weighted by molar-refractivity contribution is 5.13. The summed E-state index contributed by atoms with van der Waals surface area (Å²) in [7, 11) is 0. The lowest BCUT2D eigenvalue weighted by atomic mass is 9.63. The zero-order valence-corrected chi connectivity index (χ0v) is 11.7. The van der Waals surface area contributed by atoms with Crippen LogP contribution in [0, 0.1) is 17.3 Å². The fourth-order valence-electron chi connectivity index (χ4n) is 3.33. The number of ether oxygens (including phenoxy) is 2. The Balaban J connectivity index is 2.06. The first kappa shape index (κ1) is 13.1. The van der Waals surface area contributed by atoms with E-state index in [-0.39, 0.29) is 11.7 Å². The van der Waals surface area contributed by atoms with Crippen molar-refractivity contribution in [2.45, 2.75) is 53.2 Å². The summed E-state index contributed by atoms with van der Waals surface area (Å²) in [5, 5.41) is 0. The molecule has 0 aromatic rings. The van der Waals surface area contributed by atoms with Crippen molar-refractivity contribution in [2.75, 3.05) is 13.2 Å². The molecular weight excluding hydrogens is 212 g/mol. The molecule has 0 radical (unpaired) electrons. The molecule has 0 N–H and O–H groups in total. The van der Waals surface area contributed by atoms with Gasteiger partial charge in [0.1, 0.15) is 0 Å². The van der Waals surface area contributed by atoms with Gasteiger partial charge in [-0.2, -0.15) is 0 Å². The van der Waals surface area contributed by atoms with Crippen molar-refractivity contribution in [1.29, 1.82) is 0 Å². The second-order valence-corrected chi connectivity index (χ2v) is 5.98. The summed E-state index contributed by atoms with van der Waals surface area (Å²) in [6.45, 7) is 10.8. The van der Waals surface area contributed by atoms with Crippen molar-refractivity contribution in [2.24, 2.45) is 17.3 Å². The van der Waals surface area contributed by atoms with Crippen LogP contribution in [0.25, 0.3) is 0 Å². The molecule has 17 heavy (non-hydrogen) atoms. The van der Waals surface area contributed by atoms with Gasteiger partial charge in [-0.15, -0.1) is 0 Å². The number of hydrogen-bond donors (Lipinski definition) is 0. The van der Waals surface area contributed by atoms with Gasteiger partial charge in [0.15, 0.2) is 6.29 Å². The maximum atomic E-state index is 5.94. The van der Waals surface area contributed by atoms with Crippen LogP contribution in [0.15, 0.2) is 11.6 Å². The van der Waals surface area contributed by atoms with Gasteiger partial charge in [0, 0.05) is 5.41 Å². The summed E-state index contributed by atoms with van der Waals surface area (Å²) < 4.78 is 11.9. The van der Waals surface area contributed by atoms with Crippen molar-refractivity contribution in [3.05, 3.63) is 11.6 Å². The number of hydrogen-bond acceptors (Lipinski definition) is 2. The third kappa shape index (κ3) is 2.43. The van der Waals surface area contributed by atoms with Crippen LogP contribution in [0.2, 0.25) is 0 Å². The predicted octanol–water partition coefficient (Wildman–Crippen LogP) is 3.77. The van der Waals surface area contributed by atoms with E-state index in [1.54, 1.807) is 0 Å². The molecule has 0 saturated carbocycles. The molecule has 1 fully saturated rings. The van der Waals surface area contributed by atoms with Gasteiger partial charge in [0.25, 0.3) is 0 Å². The lowest BCUT2D eigenvalue weighted by Gasteiger charge is -2.49. The van der Waals surface area contributed by atoms with E-state index >= 15 is 0 Å². The zero-order chi connectivity index (χ0) is 12.5. The Bertz CT molecular complexity index is 287. The second kappa shape index (κ2) is 5.11. The minimum atomic E-state index is 0.0389. The molecule has 1 spiro atoms. The van der Waals surface area contributed by atoms with Crippen LogP contribution >= 0.6 is 0 Å². The molecule has 0 amide bonds. The van der Waals surface area contributed by atoms with E-state index in [2.05, 4.69) is 33.8 Å². The third-order valence-electron chi connectivity index (χ3n) is 4.65. The Labute approximate surface area is 105 Å². The van der Waals surface area contributed by atoms with Gasteiger partial charge in [-0.1, -0.05) is 38.8 Å². The van der Waals surface area contributed by atoms with E-state index < -0.39 is 0 Å². The zero-order valence-electron chi connectivity index (χ0n) is 11.7. The van der Waals surface area contributed by atoms with Crippen molar-refractivity contribution in [3.8, 4) is 0 Å². The fraction of sp³-hybridized carbons (Fsp3) is 0.867. The van der Waals surface area contributed by atoms with Crippen molar-refractivity contribution in [3.63, 3.8) is 0 Å². The Morgan fingerprint density at radius 1 is 1.29 bits per heavy atom. The molecule has 0 aromatic heterocycles. The van der Waals surface area contributed by atoms with Gasteiger partial charge in [-0.05, 0) is 31.6 Å². The highest BCUT2D eigenvalue weighted by Crippen LogP contribution is 2.46. The van der Waals surface area contributed by atoms with Gasteiger partial charge in [-0.25, -0.2) is 0 Å². The molecule has 1 heterocycles. The van der Waals surface area contributed by atoms with Crippen LogP contribution in [0.4, 0.5) is 0 Å². The fourth-order valence-corrected chi connectivity index (χ4v) is 3.33. The Hall–Kier alpha value is -0.340. The van der Waals surface area contributed by atoms with Crippen LogP contribution < -0.4 is 0 Å². The van der Waals surface area contributed by atoms with E-state index in [0.29, 0.717) is 11.8 Å². The number of allylic oxidation sites excluding steroid dienone is 2. The van der Waals surface area contributed by atoms with Crippen molar-refractivity contribution < 1.29 is 9.47 Å². The predicted molar refractivity (Wildman–Crippen MR) is 69.7 cm³/mol. The normalized spacial score (nSPS) is 42.6. The highest BCUT2D eigenvalue weighted by atomic mass is 16.7. The summed E-state index contributed by atoms with van der Waals surface area (Å²) in [6.07, 6.45) is 5.79. The van der Waals surface area contributed by atoms with E-state index in [1.807, 2.05) is 0 Å². The topological polar surface area (TPSA) is 18.5 Å². The molecule has 2 nitrogen and oxygen atoms in total. The van der Waals surface area contributed by atoms with Crippen molar-refractivity contribution in [1.82, 2.24) is 0 Å². The van der Waals surface area contributed by atoms with Gasteiger partial charge in [0.2, 0.25) is 0 Å². The van der Waals surface area contributed by atoms with Crippen LogP contribution in [0.1, 0.15) is 47.0 Å². The maximum absolute atomic E-state index is 5.94. The molecule has 0 aromatic carbocycles. The summed E-state index contributed by atoms with van der Waals surface area (Å²) in [5.41, 5.74) is 1.73. The van der Waals surface area contributed by atoms with Gasteiger partial charge < -0.3 is 9.47 Å². The molecule has 1 aliphatic heterocycles. The van der Waals surface area contributed by atoms with Gasteiger partial charge >= 0.3 is 0 Å². The number of rotatable bonds is 2. The summed E-state index contributed by atoms with van der Waals surface area (Å²) >= 11 is 0. The first-order valence-electron chi connectivity index (χ1n) is 6.99. The first-order chi connectivity index (χ1) is 8.08. The lowest BCUT2D eigenvalue weighted by molar-refractivity contribution is -0.251. The van der Waals surface area contributed by atoms with E-state index in [0.717, 1.165) is 26.1 Å². The minimum Gasteiger partial charge on any atom is -0.352 e. The molecular formula is C15H26O2. The molecule has 0 unspecified atom stereocenters. The minimum absolute atomic E-state index is 0.0389. The molecule has 0 bridgehead atoms. The molecule has 2 rings (SSSR count). The van der Waals surface area contributed by atoms with Crippen LogP contribution in [-0.4, -0.2) is 19.5 Å².